The summed E-state index contributed by atoms with van der Waals surface area (Å²) in [5.74, 6) is 1.30. The van der Waals surface area contributed by atoms with Gasteiger partial charge in [-0.2, -0.15) is 0 Å². The lowest BCUT2D eigenvalue weighted by atomic mass is 9.91. The first-order valence-electron chi connectivity index (χ1n) is 13.5. The summed E-state index contributed by atoms with van der Waals surface area (Å²) >= 11 is 14.6. The zero-order valence-corrected chi connectivity index (χ0v) is 25.0. The Morgan fingerprint density at radius 2 is 1.82 bits per heavy atom. The number of hydrogen-bond acceptors (Lipinski definition) is 5. The van der Waals surface area contributed by atoms with Gasteiger partial charge in [0, 0.05) is 47.9 Å². The summed E-state index contributed by atoms with van der Waals surface area (Å²) in [4.78, 5) is 13.9. The second-order valence-corrected chi connectivity index (χ2v) is 12.6. The van der Waals surface area contributed by atoms with Crippen molar-refractivity contribution in [1.29, 1.82) is 0 Å². The summed E-state index contributed by atoms with van der Waals surface area (Å²) in [7, 11) is 0. The summed E-state index contributed by atoms with van der Waals surface area (Å²) in [5.41, 5.74) is 6.48. The van der Waals surface area contributed by atoms with Gasteiger partial charge in [0.15, 0.2) is 10.2 Å². The van der Waals surface area contributed by atoms with Crippen molar-refractivity contribution in [1.82, 2.24) is 19.9 Å². The van der Waals surface area contributed by atoms with Crippen LogP contribution in [0, 0.1) is 25.7 Å². The van der Waals surface area contributed by atoms with Crippen LogP contribution in [0.2, 0.25) is 5.02 Å². The summed E-state index contributed by atoms with van der Waals surface area (Å²) in [5, 5.41) is 7.98. The van der Waals surface area contributed by atoms with Crippen molar-refractivity contribution in [2.45, 2.75) is 46.2 Å². The van der Waals surface area contributed by atoms with E-state index < -0.39 is 0 Å². The molecule has 0 radical (unpaired) electrons. The van der Waals surface area contributed by atoms with Crippen LogP contribution >= 0.6 is 35.2 Å². The number of benzene rings is 1. The molecule has 6 nitrogen and oxygen atoms in total. The molecule has 5 heterocycles. The number of piperidine rings is 1. The smallest absolute Gasteiger partial charge is 0.193 e. The number of aryl methyl sites for hydroxylation is 1. The third kappa shape index (κ3) is 4.83. The van der Waals surface area contributed by atoms with Gasteiger partial charge in [0.2, 0.25) is 0 Å². The largest absolute Gasteiger partial charge is 0.370 e. The number of nitrogens with one attached hydrogen (secondary N) is 1. The molecule has 4 atom stereocenters. The molecule has 2 fully saturated rings. The molecule has 2 aliphatic heterocycles. The second-order valence-electron chi connectivity index (χ2n) is 11.0. The van der Waals surface area contributed by atoms with Crippen LogP contribution in [0.15, 0.2) is 60.2 Å². The molecule has 39 heavy (non-hydrogen) atoms. The number of halogens is 1. The molecule has 1 aromatic carbocycles. The molecule has 2 aliphatic rings. The molecule has 0 bridgehead atoms. The van der Waals surface area contributed by atoms with E-state index in [4.69, 9.17) is 28.8 Å². The van der Waals surface area contributed by atoms with Gasteiger partial charge in [0.1, 0.15) is 0 Å². The van der Waals surface area contributed by atoms with Crippen molar-refractivity contribution in [3.05, 3.63) is 87.9 Å². The molecule has 0 aliphatic carbocycles. The summed E-state index contributed by atoms with van der Waals surface area (Å²) in [6.07, 6.45) is 4.95. The van der Waals surface area contributed by atoms with E-state index in [1.165, 1.54) is 12.0 Å². The quantitative estimate of drug-likeness (QED) is 0.252. The molecule has 1 N–H and O–H groups in total. The molecular weight excluding hydrogens is 544 g/mol. The highest BCUT2D eigenvalue weighted by molar-refractivity contribution is 7.80. The molecule has 0 amide bonds. The Balaban J connectivity index is 1.43. The molecule has 202 valence electrons. The number of anilines is 2. The highest BCUT2D eigenvalue weighted by atomic mass is 35.5. The lowest BCUT2D eigenvalue weighted by molar-refractivity contribution is 0.357. The number of pyridine rings is 1. The van der Waals surface area contributed by atoms with Gasteiger partial charge in [-0.25, -0.2) is 4.98 Å². The van der Waals surface area contributed by atoms with Crippen LogP contribution in [0.1, 0.15) is 55.0 Å². The predicted molar refractivity (Wildman–Crippen MR) is 165 cm³/mol. The number of hydrogen-bond donors (Lipinski definition) is 1. The second kappa shape index (κ2) is 10.6. The average molecular weight is 577 g/mol. The molecule has 9 heteroatoms. The van der Waals surface area contributed by atoms with Crippen LogP contribution in [-0.4, -0.2) is 32.7 Å². The predicted octanol–water partition coefficient (Wildman–Crippen LogP) is 7.26. The molecule has 3 aromatic heterocycles. The minimum Gasteiger partial charge on any atom is -0.370 e. The van der Waals surface area contributed by atoms with E-state index in [2.05, 4.69) is 82.7 Å². The monoisotopic (exact) mass is 576 g/mol. The maximum Gasteiger partial charge on any atom is 0.193 e. The van der Waals surface area contributed by atoms with Gasteiger partial charge in [-0.15, -0.1) is 11.3 Å². The fourth-order valence-corrected chi connectivity index (χ4v) is 7.81. The van der Waals surface area contributed by atoms with Crippen molar-refractivity contribution in [3.8, 4) is 5.13 Å². The SMILES string of the molecule is Cc1cc([C@@H]2[C@H](c3ccccn3)NC(=S)N2c2ccc(N3C[C@H](C)C[C@H](C)C3)c(Cl)c2)c(C)n1-c1nccs1. The van der Waals surface area contributed by atoms with Crippen LogP contribution in [0.3, 0.4) is 0 Å². The maximum absolute atomic E-state index is 7.00. The normalized spacial score (nSPS) is 23.4. The average Bonchev–Trinajstić information content (AvgIpc) is 3.61. The van der Waals surface area contributed by atoms with Gasteiger partial charge in [0.25, 0.3) is 0 Å². The van der Waals surface area contributed by atoms with E-state index in [9.17, 15) is 0 Å². The lowest BCUT2D eigenvalue weighted by Crippen LogP contribution is -2.38. The fourth-order valence-electron chi connectivity index (χ4n) is 6.42. The van der Waals surface area contributed by atoms with E-state index in [1.54, 1.807) is 11.3 Å². The van der Waals surface area contributed by atoms with Gasteiger partial charge in [-0.05, 0) is 86.3 Å². The van der Waals surface area contributed by atoms with Crippen LogP contribution in [0.5, 0.6) is 0 Å². The van der Waals surface area contributed by atoms with E-state index in [0.717, 1.165) is 51.7 Å². The van der Waals surface area contributed by atoms with Gasteiger partial charge >= 0.3 is 0 Å². The van der Waals surface area contributed by atoms with Crippen molar-refractivity contribution in [2.75, 3.05) is 22.9 Å². The van der Waals surface area contributed by atoms with Crippen molar-refractivity contribution >= 4 is 51.6 Å². The third-order valence-corrected chi connectivity index (χ3v) is 9.29. The Bertz CT molecular complexity index is 1470. The van der Waals surface area contributed by atoms with E-state index in [-0.39, 0.29) is 12.1 Å². The first-order valence-corrected chi connectivity index (χ1v) is 15.1. The highest BCUT2D eigenvalue weighted by Crippen LogP contribution is 2.45. The maximum atomic E-state index is 7.00. The van der Waals surface area contributed by atoms with Gasteiger partial charge in [-0.3, -0.25) is 9.55 Å². The van der Waals surface area contributed by atoms with Crippen molar-refractivity contribution in [2.24, 2.45) is 11.8 Å². The van der Waals surface area contributed by atoms with Gasteiger partial charge in [-0.1, -0.05) is 31.5 Å². The van der Waals surface area contributed by atoms with E-state index in [0.29, 0.717) is 16.9 Å². The zero-order chi connectivity index (χ0) is 27.3. The first kappa shape index (κ1) is 26.3. The Kier molecular flexibility index (Phi) is 7.12. The number of thiazole rings is 1. The molecule has 0 unspecified atom stereocenters. The van der Waals surface area contributed by atoms with E-state index >= 15 is 0 Å². The molecule has 0 saturated carbocycles. The lowest BCUT2D eigenvalue weighted by Gasteiger charge is -2.37. The number of rotatable bonds is 5. The summed E-state index contributed by atoms with van der Waals surface area (Å²) in [6, 6.07) is 14.5. The van der Waals surface area contributed by atoms with Crippen LogP contribution in [0.25, 0.3) is 5.13 Å². The van der Waals surface area contributed by atoms with Crippen LogP contribution < -0.4 is 15.1 Å². The Hall–Kier alpha value is -2.94. The number of aromatic nitrogens is 3. The van der Waals surface area contributed by atoms with Crippen molar-refractivity contribution in [3.63, 3.8) is 0 Å². The third-order valence-electron chi connectivity index (χ3n) is 7.92. The molecule has 0 spiro atoms. The molecule has 6 rings (SSSR count). The van der Waals surface area contributed by atoms with E-state index in [1.807, 2.05) is 29.9 Å². The first-order chi connectivity index (χ1) is 18.8. The minimum atomic E-state index is -0.119. The Morgan fingerprint density at radius 1 is 1.03 bits per heavy atom. The minimum absolute atomic E-state index is 0.107. The molecular formula is C30H33ClN6S2. The Labute approximate surface area is 244 Å². The zero-order valence-electron chi connectivity index (χ0n) is 22.6. The van der Waals surface area contributed by atoms with Crippen molar-refractivity contribution < 1.29 is 0 Å². The number of thiocarbonyl (C=S) groups is 1. The van der Waals surface area contributed by atoms with Crippen LogP contribution in [-0.2, 0) is 0 Å². The number of nitrogens with zero attached hydrogens (tertiary/aromatic N) is 5. The Morgan fingerprint density at radius 3 is 2.49 bits per heavy atom. The molecule has 4 aromatic rings. The topological polar surface area (TPSA) is 49.2 Å². The standard InChI is InChI=1S/C30H33ClN6S2/c1-18-13-19(2)17-35(16-18)26-9-8-22(15-24(26)31)37-28(27(34-29(37)38)25-7-5-6-10-32-25)23-14-20(3)36(21(23)4)30-33-11-12-39-30/h5-12,14-15,18-19,27-28H,13,16-17H2,1-4H3,(H,34,38)/t18-,19+,27-,28+/m0/s1. The highest BCUT2D eigenvalue weighted by Gasteiger charge is 2.42. The summed E-state index contributed by atoms with van der Waals surface area (Å²) in [6.45, 7) is 11.0. The van der Waals surface area contributed by atoms with Gasteiger partial charge < -0.3 is 15.1 Å². The summed E-state index contributed by atoms with van der Waals surface area (Å²) < 4.78 is 2.23. The fraction of sp³-hybridized carbons (Fsp3) is 0.367. The molecule has 2 saturated heterocycles. The van der Waals surface area contributed by atoms with Gasteiger partial charge in [0.05, 0.1) is 28.5 Å². The van der Waals surface area contributed by atoms with Crippen LogP contribution in [0.4, 0.5) is 11.4 Å².